The Morgan fingerprint density at radius 1 is 0.354 bits per heavy atom. The fourth-order valence-electron chi connectivity index (χ4n) is 9.71. The maximum Gasteiger partial charge on any atom is 0.0731 e. The summed E-state index contributed by atoms with van der Waals surface area (Å²) in [5.74, 6) is 0. The largest absolute Gasteiger partial charge is 0.308 e. The average molecular weight is 606 g/mol. The molecule has 0 aliphatic heterocycles. The lowest BCUT2D eigenvalue weighted by Gasteiger charge is -2.31. The quantitative estimate of drug-likeness (QED) is 0.175. The van der Waals surface area contributed by atoms with Gasteiger partial charge in [-0.1, -0.05) is 140 Å². The minimum Gasteiger partial charge on any atom is -0.308 e. The molecule has 2 aliphatic rings. The van der Waals surface area contributed by atoms with E-state index in [0.29, 0.717) is 0 Å². The van der Waals surface area contributed by atoms with Crippen LogP contribution in [0.4, 0.5) is 0 Å². The molecule has 0 atom stereocenters. The second-order valence-corrected chi connectivity index (χ2v) is 13.6. The lowest BCUT2D eigenvalue weighted by Crippen LogP contribution is -2.26. The van der Waals surface area contributed by atoms with Crippen LogP contribution in [0.5, 0.6) is 0 Å². The van der Waals surface area contributed by atoms with Gasteiger partial charge in [-0.05, 0) is 90.7 Å². The van der Waals surface area contributed by atoms with E-state index >= 15 is 0 Å². The highest BCUT2D eigenvalue weighted by Crippen LogP contribution is 2.64. The van der Waals surface area contributed by atoms with Gasteiger partial charge in [0.15, 0.2) is 0 Å². The van der Waals surface area contributed by atoms with Gasteiger partial charge in [-0.15, -0.1) is 0 Å². The molecule has 12 rings (SSSR count). The first-order chi connectivity index (χ1) is 23.8. The third kappa shape index (κ3) is 2.78. The number of para-hydroxylation sites is 2. The van der Waals surface area contributed by atoms with Crippen LogP contribution in [-0.4, -0.2) is 4.40 Å². The summed E-state index contributed by atoms with van der Waals surface area (Å²) in [5.41, 5.74) is 16.9. The maximum atomic E-state index is 2.51. The summed E-state index contributed by atoms with van der Waals surface area (Å²) >= 11 is 0. The lowest BCUT2D eigenvalue weighted by atomic mass is 9.69. The molecule has 0 radical (unpaired) electrons. The van der Waals surface area contributed by atoms with Crippen molar-refractivity contribution in [2.45, 2.75) is 5.41 Å². The van der Waals surface area contributed by atoms with Gasteiger partial charge in [-0.3, -0.25) is 0 Å². The van der Waals surface area contributed by atoms with Crippen LogP contribution in [0.2, 0.25) is 0 Å². The van der Waals surface area contributed by atoms with Gasteiger partial charge in [-0.2, -0.15) is 0 Å². The van der Waals surface area contributed by atoms with Gasteiger partial charge in [0.2, 0.25) is 0 Å². The summed E-state index contributed by atoms with van der Waals surface area (Å²) in [5, 5.41) is 7.88. The van der Waals surface area contributed by atoms with Crippen LogP contribution in [0, 0.1) is 0 Å². The van der Waals surface area contributed by atoms with E-state index in [4.69, 9.17) is 0 Å². The molecule has 1 spiro atoms. The van der Waals surface area contributed by atoms with Gasteiger partial charge in [0.25, 0.3) is 0 Å². The van der Waals surface area contributed by atoms with Crippen molar-refractivity contribution in [3.63, 3.8) is 0 Å². The van der Waals surface area contributed by atoms with E-state index < -0.39 is 5.41 Å². The normalized spacial score (nSPS) is 14.0. The number of aromatic nitrogens is 1. The Kier molecular flexibility index (Phi) is 4.47. The first-order valence-electron chi connectivity index (χ1n) is 16.9. The Morgan fingerprint density at radius 3 is 1.77 bits per heavy atom. The minimum atomic E-state index is -0.395. The van der Waals surface area contributed by atoms with Gasteiger partial charge < -0.3 is 4.40 Å². The topological polar surface area (TPSA) is 4.41 Å². The highest BCUT2D eigenvalue weighted by molar-refractivity contribution is 6.23. The monoisotopic (exact) mass is 605 g/mol. The van der Waals surface area contributed by atoms with Crippen molar-refractivity contribution < 1.29 is 0 Å². The van der Waals surface area contributed by atoms with Crippen LogP contribution in [0.1, 0.15) is 22.3 Å². The van der Waals surface area contributed by atoms with Crippen LogP contribution in [-0.2, 0) is 5.41 Å². The van der Waals surface area contributed by atoms with Crippen LogP contribution in [0.15, 0.2) is 164 Å². The standard InChI is InChI=1S/C47H27N/c1-2-11-31-28(10-1)20-24-36-34-23-21-30(27-42(34)47(45(31)36)40-17-6-3-12-32(40)33-13-4-7-18-41(33)47)29-22-25-44-39(26-29)38-16-9-15-37-35-14-5-8-19-43(35)48(44)46(37)38/h1-27H. The molecule has 0 fully saturated rings. The summed E-state index contributed by atoms with van der Waals surface area (Å²) in [6.07, 6.45) is 0. The van der Waals surface area contributed by atoms with Crippen molar-refractivity contribution in [2.75, 3.05) is 0 Å². The number of hydrogen-bond acceptors (Lipinski definition) is 0. The van der Waals surface area contributed by atoms with E-state index in [9.17, 15) is 0 Å². The SMILES string of the molecule is c1ccc2c(c1)-c1ccccc1C21c2cc(-c3ccc4c(c3)c3cccc5c6ccccc6n4c53)ccc2-c2ccc3ccccc3c21. The van der Waals surface area contributed by atoms with Crippen molar-refractivity contribution in [1.82, 2.24) is 4.40 Å². The minimum absolute atomic E-state index is 0.395. The summed E-state index contributed by atoms with van der Waals surface area (Å²) in [6, 6.07) is 61.7. The molecule has 0 amide bonds. The molecule has 2 aromatic heterocycles. The molecule has 2 heterocycles. The molecule has 10 aromatic rings. The number of nitrogens with zero attached hydrogens (tertiary/aromatic N) is 1. The van der Waals surface area contributed by atoms with Crippen molar-refractivity contribution >= 4 is 48.9 Å². The number of rotatable bonds is 1. The molecule has 1 nitrogen and oxygen atoms in total. The van der Waals surface area contributed by atoms with E-state index in [-0.39, 0.29) is 0 Å². The average Bonchev–Trinajstić information content (AvgIpc) is 3.86. The van der Waals surface area contributed by atoms with Gasteiger partial charge in [0, 0.05) is 21.5 Å². The summed E-state index contributed by atoms with van der Waals surface area (Å²) < 4.78 is 2.46. The van der Waals surface area contributed by atoms with E-state index in [0.717, 1.165) is 0 Å². The molecule has 220 valence electrons. The first kappa shape index (κ1) is 25.0. The molecule has 0 N–H and O–H groups in total. The molecule has 0 unspecified atom stereocenters. The fourth-order valence-corrected chi connectivity index (χ4v) is 9.71. The Labute approximate surface area is 277 Å². The van der Waals surface area contributed by atoms with Crippen LogP contribution < -0.4 is 0 Å². The highest BCUT2D eigenvalue weighted by atomic mass is 14.9. The maximum absolute atomic E-state index is 2.51. The van der Waals surface area contributed by atoms with Gasteiger partial charge >= 0.3 is 0 Å². The number of hydrogen-bond donors (Lipinski definition) is 0. The second-order valence-electron chi connectivity index (χ2n) is 13.6. The van der Waals surface area contributed by atoms with Crippen LogP contribution in [0.25, 0.3) is 82.2 Å². The van der Waals surface area contributed by atoms with Gasteiger partial charge in [0.05, 0.1) is 22.0 Å². The van der Waals surface area contributed by atoms with Crippen molar-refractivity contribution in [1.29, 1.82) is 0 Å². The third-order valence-corrected chi connectivity index (χ3v) is 11.5. The smallest absolute Gasteiger partial charge is 0.0731 e. The van der Waals surface area contributed by atoms with Crippen molar-refractivity contribution in [3.8, 4) is 33.4 Å². The lowest BCUT2D eigenvalue weighted by molar-refractivity contribution is 0.801. The zero-order chi connectivity index (χ0) is 31.1. The Hall–Kier alpha value is -6.18. The van der Waals surface area contributed by atoms with Crippen molar-refractivity contribution in [3.05, 3.63) is 186 Å². The zero-order valence-corrected chi connectivity index (χ0v) is 26.0. The molecule has 2 aliphatic carbocycles. The predicted molar refractivity (Wildman–Crippen MR) is 200 cm³/mol. The Bertz CT molecular complexity index is 2960. The summed E-state index contributed by atoms with van der Waals surface area (Å²) in [4.78, 5) is 0. The molecular weight excluding hydrogens is 579 g/mol. The number of fused-ring (bicyclic) bond motifs is 18. The molecule has 0 saturated carbocycles. The summed E-state index contributed by atoms with van der Waals surface area (Å²) in [7, 11) is 0. The Morgan fingerprint density at radius 2 is 0.938 bits per heavy atom. The highest BCUT2D eigenvalue weighted by Gasteiger charge is 2.52. The molecule has 0 saturated heterocycles. The van der Waals surface area contributed by atoms with E-state index in [1.165, 1.54) is 105 Å². The molecule has 8 aromatic carbocycles. The molecule has 1 heteroatoms. The van der Waals surface area contributed by atoms with Gasteiger partial charge in [0.1, 0.15) is 0 Å². The van der Waals surface area contributed by atoms with E-state index in [2.05, 4.69) is 168 Å². The van der Waals surface area contributed by atoms with E-state index in [1.54, 1.807) is 0 Å². The fraction of sp³-hybridized carbons (Fsp3) is 0.0213. The number of benzene rings is 8. The van der Waals surface area contributed by atoms with Gasteiger partial charge in [-0.25, -0.2) is 0 Å². The predicted octanol–water partition coefficient (Wildman–Crippen LogP) is 12.0. The van der Waals surface area contributed by atoms with Crippen LogP contribution >= 0.6 is 0 Å². The molecule has 48 heavy (non-hydrogen) atoms. The van der Waals surface area contributed by atoms with Crippen LogP contribution in [0.3, 0.4) is 0 Å². The first-order valence-corrected chi connectivity index (χ1v) is 16.9. The summed E-state index contributed by atoms with van der Waals surface area (Å²) in [6.45, 7) is 0. The molecular formula is C47H27N. The molecule has 0 bridgehead atoms. The Balaban J connectivity index is 1.17. The zero-order valence-electron chi connectivity index (χ0n) is 26.0. The van der Waals surface area contributed by atoms with Crippen molar-refractivity contribution in [2.24, 2.45) is 0 Å². The third-order valence-electron chi connectivity index (χ3n) is 11.5. The van der Waals surface area contributed by atoms with E-state index in [1.807, 2.05) is 0 Å². The second kappa shape index (κ2) is 8.59.